The molecule has 0 atom stereocenters. The molecule has 7 aromatic carbocycles. The van der Waals surface area contributed by atoms with Gasteiger partial charge in [-0.3, -0.25) is 0 Å². The standard InChI is InChI=1S/C52H38N2O/c1-51(2)42-22-10-8-20-37(42)40-29-45-41(30-44(40)51)39-28-35(24-25-43(39)52(45,3)4)33-17-12-16-32(26-33)34-18-13-19-36(27-34)49-53-48(31-14-6-5-7-15-31)47-38-21-9-11-23-46(38)55-50(47)54-49/h5-30H,1-4H3. The molecule has 2 aliphatic rings. The quantitative estimate of drug-likeness (QED) is 0.183. The largest absolute Gasteiger partial charge is 0.438 e. The third-order valence-electron chi connectivity index (χ3n) is 12.3. The molecule has 0 fully saturated rings. The highest BCUT2D eigenvalue weighted by Gasteiger charge is 2.41. The number of fused-ring (bicyclic) bond motifs is 9. The first-order valence-corrected chi connectivity index (χ1v) is 19.2. The van der Waals surface area contributed by atoms with E-state index in [2.05, 4.69) is 149 Å². The average molecular weight is 707 g/mol. The number of hydrogen-bond acceptors (Lipinski definition) is 3. The second-order valence-electron chi connectivity index (χ2n) is 16.2. The van der Waals surface area contributed by atoms with Gasteiger partial charge < -0.3 is 4.42 Å². The Morgan fingerprint density at radius 3 is 1.69 bits per heavy atom. The number of furan rings is 1. The van der Waals surface area contributed by atoms with Gasteiger partial charge in [0.25, 0.3) is 0 Å². The summed E-state index contributed by atoms with van der Waals surface area (Å²) in [6.45, 7) is 9.49. The van der Waals surface area contributed by atoms with Crippen LogP contribution in [0.2, 0.25) is 0 Å². The molecule has 9 aromatic rings. The van der Waals surface area contributed by atoms with Crippen LogP contribution in [-0.2, 0) is 10.8 Å². The topological polar surface area (TPSA) is 38.9 Å². The molecule has 0 radical (unpaired) electrons. The van der Waals surface area contributed by atoms with Gasteiger partial charge in [-0.1, -0.05) is 149 Å². The zero-order valence-corrected chi connectivity index (χ0v) is 31.3. The molecule has 0 saturated heterocycles. The van der Waals surface area contributed by atoms with Crippen molar-refractivity contribution in [3.05, 3.63) is 180 Å². The minimum Gasteiger partial charge on any atom is -0.438 e. The van der Waals surface area contributed by atoms with Crippen molar-refractivity contribution in [2.75, 3.05) is 0 Å². The number of benzene rings is 7. The smallest absolute Gasteiger partial charge is 0.231 e. The summed E-state index contributed by atoms with van der Waals surface area (Å²) in [5.74, 6) is 0.640. The lowest BCUT2D eigenvalue weighted by Gasteiger charge is -2.24. The summed E-state index contributed by atoms with van der Waals surface area (Å²) in [6.07, 6.45) is 0. The summed E-state index contributed by atoms with van der Waals surface area (Å²) in [6, 6.07) is 56.9. The van der Waals surface area contributed by atoms with Gasteiger partial charge in [0.2, 0.25) is 5.71 Å². The van der Waals surface area contributed by atoms with Crippen molar-refractivity contribution in [2.24, 2.45) is 0 Å². The minimum absolute atomic E-state index is 0.0414. The van der Waals surface area contributed by atoms with E-state index in [4.69, 9.17) is 14.4 Å². The molecule has 0 amide bonds. The fourth-order valence-electron chi connectivity index (χ4n) is 9.40. The molecule has 0 bridgehead atoms. The summed E-state index contributed by atoms with van der Waals surface area (Å²) in [5.41, 5.74) is 19.9. The summed E-state index contributed by atoms with van der Waals surface area (Å²) in [4.78, 5) is 10.2. The molecule has 0 saturated carbocycles. The SMILES string of the molecule is CC1(C)c2ccccc2-c2cc3c(cc21)-c1cc(-c2cccc(-c4cccc(-c5nc(-c6ccccc6)c6c(n5)oc5ccccc56)c4)c2)ccc1C3(C)C. The molecule has 11 rings (SSSR count). The van der Waals surface area contributed by atoms with Crippen molar-refractivity contribution in [1.29, 1.82) is 0 Å². The number of para-hydroxylation sites is 1. The first-order chi connectivity index (χ1) is 26.8. The third kappa shape index (κ3) is 4.69. The van der Waals surface area contributed by atoms with Crippen LogP contribution in [0.4, 0.5) is 0 Å². The van der Waals surface area contributed by atoms with Gasteiger partial charge in [0.15, 0.2) is 5.82 Å². The van der Waals surface area contributed by atoms with Crippen LogP contribution in [0.3, 0.4) is 0 Å². The summed E-state index contributed by atoms with van der Waals surface area (Å²) >= 11 is 0. The van der Waals surface area contributed by atoms with Gasteiger partial charge in [-0.25, -0.2) is 4.98 Å². The van der Waals surface area contributed by atoms with Gasteiger partial charge >= 0.3 is 0 Å². The maximum Gasteiger partial charge on any atom is 0.231 e. The van der Waals surface area contributed by atoms with Crippen LogP contribution in [0.15, 0.2) is 162 Å². The maximum absolute atomic E-state index is 6.32. The van der Waals surface area contributed by atoms with E-state index >= 15 is 0 Å². The highest BCUT2D eigenvalue weighted by Crippen LogP contribution is 2.56. The second-order valence-corrected chi connectivity index (χ2v) is 16.2. The van der Waals surface area contributed by atoms with E-state index in [1.807, 2.05) is 36.4 Å². The summed E-state index contributed by atoms with van der Waals surface area (Å²) < 4.78 is 6.32. The fraction of sp³-hybridized carbons (Fsp3) is 0.115. The number of hydrogen-bond donors (Lipinski definition) is 0. The predicted molar refractivity (Wildman–Crippen MR) is 226 cm³/mol. The second kappa shape index (κ2) is 11.5. The Balaban J connectivity index is 0.990. The van der Waals surface area contributed by atoms with E-state index in [0.717, 1.165) is 44.3 Å². The third-order valence-corrected chi connectivity index (χ3v) is 12.3. The molecule has 3 nitrogen and oxygen atoms in total. The Morgan fingerprint density at radius 2 is 0.945 bits per heavy atom. The van der Waals surface area contributed by atoms with Crippen molar-refractivity contribution in [3.8, 4) is 67.2 Å². The van der Waals surface area contributed by atoms with Crippen LogP contribution in [0.1, 0.15) is 49.9 Å². The molecule has 0 aliphatic heterocycles. The van der Waals surface area contributed by atoms with Gasteiger partial charge in [-0.05, 0) is 103 Å². The number of nitrogens with zero attached hydrogens (tertiary/aromatic N) is 2. The van der Waals surface area contributed by atoms with Crippen molar-refractivity contribution in [2.45, 2.75) is 38.5 Å². The molecule has 0 spiro atoms. The monoisotopic (exact) mass is 706 g/mol. The van der Waals surface area contributed by atoms with Crippen molar-refractivity contribution in [1.82, 2.24) is 9.97 Å². The summed E-state index contributed by atoms with van der Waals surface area (Å²) in [7, 11) is 0. The Morgan fingerprint density at radius 1 is 0.400 bits per heavy atom. The molecule has 2 aromatic heterocycles. The number of aromatic nitrogens is 2. The van der Waals surface area contributed by atoms with Gasteiger partial charge in [-0.2, -0.15) is 4.98 Å². The zero-order chi connectivity index (χ0) is 37.1. The molecule has 2 aliphatic carbocycles. The molecular formula is C52H38N2O. The molecule has 262 valence electrons. The Bertz CT molecular complexity index is 3040. The highest BCUT2D eigenvalue weighted by molar-refractivity contribution is 6.10. The molecule has 3 heteroatoms. The Labute approximate surface area is 321 Å². The Hall–Kier alpha value is -6.58. The van der Waals surface area contributed by atoms with E-state index in [1.165, 1.54) is 55.6 Å². The minimum atomic E-state index is -0.0873. The lowest BCUT2D eigenvalue weighted by Crippen LogP contribution is -2.16. The average Bonchev–Trinajstić information content (AvgIpc) is 3.79. The van der Waals surface area contributed by atoms with E-state index in [9.17, 15) is 0 Å². The molecule has 0 unspecified atom stereocenters. The van der Waals surface area contributed by atoms with Crippen molar-refractivity contribution >= 4 is 22.1 Å². The van der Waals surface area contributed by atoms with Crippen molar-refractivity contribution < 1.29 is 4.42 Å². The van der Waals surface area contributed by atoms with E-state index in [0.29, 0.717) is 11.5 Å². The van der Waals surface area contributed by atoms with Gasteiger partial charge in [0, 0.05) is 27.3 Å². The van der Waals surface area contributed by atoms with Crippen LogP contribution in [-0.4, -0.2) is 9.97 Å². The van der Waals surface area contributed by atoms with E-state index in [1.54, 1.807) is 0 Å². The van der Waals surface area contributed by atoms with E-state index in [-0.39, 0.29) is 10.8 Å². The summed E-state index contributed by atoms with van der Waals surface area (Å²) in [5, 5.41) is 1.96. The predicted octanol–water partition coefficient (Wildman–Crippen LogP) is 13.7. The normalized spacial score (nSPS) is 14.5. The first kappa shape index (κ1) is 31.9. The maximum atomic E-state index is 6.32. The first-order valence-electron chi connectivity index (χ1n) is 19.2. The van der Waals surface area contributed by atoms with Crippen molar-refractivity contribution in [3.63, 3.8) is 0 Å². The van der Waals surface area contributed by atoms with E-state index < -0.39 is 0 Å². The van der Waals surface area contributed by atoms with Crippen LogP contribution in [0.5, 0.6) is 0 Å². The Kier molecular flexibility index (Phi) is 6.65. The van der Waals surface area contributed by atoms with Gasteiger partial charge in [0.1, 0.15) is 5.58 Å². The highest BCUT2D eigenvalue weighted by atomic mass is 16.3. The van der Waals surface area contributed by atoms with Crippen LogP contribution >= 0.6 is 0 Å². The lowest BCUT2D eigenvalue weighted by atomic mass is 9.79. The lowest BCUT2D eigenvalue weighted by molar-refractivity contribution is 0.652. The molecule has 2 heterocycles. The fourth-order valence-corrected chi connectivity index (χ4v) is 9.40. The molecule has 0 N–H and O–H groups in total. The van der Waals surface area contributed by atoms with Gasteiger partial charge in [0.05, 0.1) is 11.1 Å². The van der Waals surface area contributed by atoms with Crippen LogP contribution < -0.4 is 0 Å². The number of rotatable bonds is 4. The van der Waals surface area contributed by atoms with Gasteiger partial charge in [-0.15, -0.1) is 0 Å². The van der Waals surface area contributed by atoms with Crippen LogP contribution in [0, 0.1) is 0 Å². The molecular weight excluding hydrogens is 669 g/mol. The zero-order valence-electron chi connectivity index (χ0n) is 31.3. The molecule has 55 heavy (non-hydrogen) atoms. The van der Waals surface area contributed by atoms with Crippen LogP contribution in [0.25, 0.3) is 89.2 Å².